The van der Waals surface area contributed by atoms with Crippen molar-refractivity contribution in [2.45, 2.75) is 19.5 Å². The van der Waals surface area contributed by atoms with Crippen LogP contribution in [0.5, 0.6) is 0 Å². The predicted octanol–water partition coefficient (Wildman–Crippen LogP) is 2.51. The lowest BCUT2D eigenvalue weighted by Crippen LogP contribution is -2.34. The zero-order valence-corrected chi connectivity index (χ0v) is 10.3. The van der Waals surface area contributed by atoms with E-state index in [1.807, 2.05) is 0 Å². The lowest BCUT2D eigenvalue weighted by atomic mass is 10.1. The Bertz CT molecular complexity index is 750. The Morgan fingerprint density at radius 1 is 1.35 bits per heavy atom. The van der Waals surface area contributed by atoms with Crippen LogP contribution in [0, 0.1) is 10.1 Å². The molecule has 8 heteroatoms. The smallest absolute Gasteiger partial charge is 0.438 e. The van der Waals surface area contributed by atoms with Gasteiger partial charge in [0.25, 0.3) is 5.52 Å². The minimum Gasteiger partial charge on any atom is -0.805 e. The molecule has 106 valence electrons. The first-order valence-electron chi connectivity index (χ1n) is 5.67. The first kappa shape index (κ1) is 14.0. The van der Waals surface area contributed by atoms with E-state index >= 15 is 0 Å². The summed E-state index contributed by atoms with van der Waals surface area (Å²) >= 11 is 0. The van der Waals surface area contributed by atoms with E-state index in [0.717, 1.165) is 6.07 Å². The van der Waals surface area contributed by atoms with E-state index in [2.05, 4.69) is 0 Å². The first-order valence-corrected chi connectivity index (χ1v) is 5.67. The number of rotatable bonds is 2. The summed E-state index contributed by atoms with van der Waals surface area (Å²) < 4.78 is 38.4. The van der Waals surface area contributed by atoms with Gasteiger partial charge in [-0.2, -0.15) is 13.2 Å². The third-order valence-electron chi connectivity index (χ3n) is 2.80. The maximum absolute atomic E-state index is 13.0. The van der Waals surface area contributed by atoms with E-state index in [0.29, 0.717) is 0 Å². The number of carbonyl (C=O) groups excluding carboxylic acids is 1. The molecule has 1 aromatic heterocycles. The van der Waals surface area contributed by atoms with E-state index in [4.69, 9.17) is 0 Å². The van der Waals surface area contributed by atoms with E-state index < -0.39 is 33.6 Å². The van der Waals surface area contributed by atoms with Crippen LogP contribution in [0.15, 0.2) is 24.3 Å². The van der Waals surface area contributed by atoms with E-state index in [1.165, 1.54) is 25.1 Å². The van der Waals surface area contributed by atoms with Gasteiger partial charge in [-0.15, -0.1) is 0 Å². The molecule has 0 N–H and O–H groups in total. The van der Waals surface area contributed by atoms with Gasteiger partial charge in [0.1, 0.15) is 5.52 Å². The number of carbonyl (C=O) groups is 1. The second-order valence-electron chi connectivity index (χ2n) is 4.05. The van der Waals surface area contributed by atoms with Gasteiger partial charge in [0.2, 0.25) is 11.5 Å². The summed E-state index contributed by atoms with van der Waals surface area (Å²) in [6.45, 7) is 1.31. The van der Waals surface area contributed by atoms with Crippen molar-refractivity contribution in [1.82, 2.24) is 4.73 Å². The molecule has 2 aromatic rings. The monoisotopic (exact) mass is 286 g/mol. The van der Waals surface area contributed by atoms with E-state index in [1.54, 1.807) is 0 Å². The fraction of sp³-hybridized carbons (Fsp3) is 0.250. The summed E-state index contributed by atoms with van der Waals surface area (Å²) in [4.78, 5) is 23.6. The first-order chi connectivity index (χ1) is 9.29. The summed E-state index contributed by atoms with van der Waals surface area (Å²) in [6, 6.07) is 5.00. The second-order valence-corrected chi connectivity index (χ2v) is 4.05. The zero-order valence-electron chi connectivity index (χ0n) is 10.3. The van der Waals surface area contributed by atoms with Crippen molar-refractivity contribution in [1.29, 1.82) is 0 Å². The normalized spacial score (nSPS) is 11.8. The van der Waals surface area contributed by atoms with Crippen LogP contribution >= 0.6 is 0 Å². The summed E-state index contributed by atoms with van der Waals surface area (Å²) in [7, 11) is 0. The van der Waals surface area contributed by atoms with Gasteiger partial charge in [-0.1, -0.05) is 19.1 Å². The number of hydrogen-bond donors (Lipinski definition) is 0. The summed E-state index contributed by atoms with van der Waals surface area (Å²) in [5, 5.41) is 11.9. The average Bonchev–Trinajstić information content (AvgIpc) is 2.40. The second kappa shape index (κ2) is 4.62. The van der Waals surface area contributed by atoms with Gasteiger partial charge in [-0.3, -0.25) is 4.79 Å². The van der Waals surface area contributed by atoms with Crippen LogP contribution in [0.25, 0.3) is 11.0 Å². The molecule has 0 aliphatic rings. The Kier molecular flexibility index (Phi) is 3.24. The minimum atomic E-state index is -5.10. The molecule has 2 rings (SSSR count). The lowest BCUT2D eigenvalue weighted by molar-refractivity contribution is -0.470. The Balaban J connectivity index is 3.05. The number of nitrogens with zero attached hydrogens (tertiary/aromatic N) is 2. The molecule has 20 heavy (non-hydrogen) atoms. The maximum Gasteiger partial charge on any atom is 0.438 e. The Morgan fingerprint density at radius 2 is 1.95 bits per heavy atom. The number of ketones is 1. The fourth-order valence-electron chi connectivity index (χ4n) is 1.90. The SMILES string of the molecule is CCC(=O)c1c(C(F)(F)F)n([O-])c2ccccc2[n+]1=O. The van der Waals surface area contributed by atoms with Crippen LogP contribution in [-0.4, -0.2) is 10.5 Å². The number of para-hydroxylation sites is 2. The summed E-state index contributed by atoms with van der Waals surface area (Å²) in [5.74, 6) is -1.04. The molecule has 0 bridgehead atoms. The van der Waals surface area contributed by atoms with Gasteiger partial charge in [0.15, 0.2) is 0 Å². The number of aromatic nitrogens is 2. The molecular weight excluding hydrogens is 277 g/mol. The lowest BCUT2D eigenvalue weighted by Gasteiger charge is -2.20. The van der Waals surface area contributed by atoms with Crippen LogP contribution in [0.1, 0.15) is 29.5 Å². The molecule has 0 fully saturated rings. The molecule has 5 nitrogen and oxygen atoms in total. The van der Waals surface area contributed by atoms with Crippen LogP contribution < -0.4 is 4.43 Å². The topological polar surface area (TPSA) is 68.0 Å². The standard InChI is InChI=1S/C12H9F3N2O3/c1-2-9(18)10-11(12(13,14)15)17(20)8-6-4-3-5-7(8)16(10)19/h3-6H,2H2,1H3. The average molecular weight is 286 g/mol. The van der Waals surface area contributed by atoms with Gasteiger partial charge in [-0.05, 0) is 6.07 Å². The highest BCUT2D eigenvalue weighted by Crippen LogP contribution is 2.32. The van der Waals surface area contributed by atoms with Crippen molar-refractivity contribution in [2.24, 2.45) is 0 Å². The number of fused-ring (bicyclic) bond motifs is 1. The highest BCUT2D eigenvalue weighted by molar-refractivity contribution is 5.94. The Morgan fingerprint density at radius 3 is 2.50 bits per heavy atom. The molecule has 0 atom stereocenters. The highest BCUT2D eigenvalue weighted by atomic mass is 19.4. The molecule has 0 aliphatic heterocycles. The van der Waals surface area contributed by atoms with Crippen LogP contribution in [-0.2, 0) is 6.18 Å². The Labute approximate surface area is 110 Å². The molecule has 1 heterocycles. The summed E-state index contributed by atoms with van der Waals surface area (Å²) in [5.41, 5.74) is -3.68. The van der Waals surface area contributed by atoms with Crippen molar-refractivity contribution < 1.29 is 22.4 Å². The van der Waals surface area contributed by atoms with Crippen molar-refractivity contribution in [3.63, 3.8) is 0 Å². The van der Waals surface area contributed by atoms with Crippen LogP contribution in [0.2, 0.25) is 0 Å². The number of halogens is 3. The molecule has 1 aromatic carbocycles. The molecule has 0 amide bonds. The molecule has 0 radical (unpaired) electrons. The van der Waals surface area contributed by atoms with Crippen LogP contribution in [0.3, 0.4) is 0 Å². The van der Waals surface area contributed by atoms with Gasteiger partial charge in [-0.25, -0.2) is 0 Å². The largest absolute Gasteiger partial charge is 0.805 e. The molecule has 0 saturated heterocycles. The number of Topliss-reactive ketones (excluding diaryl/α,β-unsaturated/α-hetero) is 1. The number of hydrogen-bond acceptors (Lipinski definition) is 3. The van der Waals surface area contributed by atoms with Crippen LogP contribution in [0.4, 0.5) is 13.2 Å². The van der Waals surface area contributed by atoms with Crippen molar-refractivity contribution in [3.8, 4) is 0 Å². The van der Waals surface area contributed by atoms with E-state index in [-0.39, 0.29) is 16.4 Å². The number of alkyl halides is 3. The van der Waals surface area contributed by atoms with Gasteiger partial charge >= 0.3 is 11.9 Å². The quantitative estimate of drug-likeness (QED) is 0.629. The molecule has 0 aliphatic carbocycles. The number of benzene rings is 1. The third-order valence-corrected chi connectivity index (χ3v) is 2.80. The third kappa shape index (κ3) is 2.02. The van der Waals surface area contributed by atoms with Crippen molar-refractivity contribution in [2.75, 3.05) is 0 Å². The maximum atomic E-state index is 13.0. The molecular formula is C12H9F3N2O3. The van der Waals surface area contributed by atoms with Gasteiger partial charge < -0.3 is 9.94 Å². The Hall–Kier alpha value is -2.38. The highest BCUT2D eigenvalue weighted by Gasteiger charge is 2.44. The summed E-state index contributed by atoms with van der Waals surface area (Å²) in [6.07, 6.45) is -5.41. The van der Waals surface area contributed by atoms with Crippen molar-refractivity contribution in [3.05, 3.63) is 45.8 Å². The van der Waals surface area contributed by atoms with Gasteiger partial charge in [0.05, 0.1) is 4.43 Å². The fourth-order valence-corrected chi connectivity index (χ4v) is 1.90. The minimum absolute atomic E-state index is 0.127. The molecule has 0 unspecified atom stereocenters. The molecule has 0 saturated carbocycles. The zero-order chi connectivity index (χ0) is 15.1. The van der Waals surface area contributed by atoms with Gasteiger partial charge in [0, 0.05) is 17.4 Å². The predicted molar refractivity (Wildman–Crippen MR) is 63.7 cm³/mol. The van der Waals surface area contributed by atoms with Crippen molar-refractivity contribution >= 4 is 16.8 Å². The van der Waals surface area contributed by atoms with E-state index in [9.17, 15) is 28.1 Å². The molecule has 0 spiro atoms.